The molecule has 5 aromatic carbocycles. The fraction of sp³-hybridized carbons (Fsp3) is 0.0789. The van der Waals surface area contributed by atoms with Crippen LogP contribution in [0.3, 0.4) is 0 Å². The highest BCUT2D eigenvalue weighted by Gasteiger charge is 2.23. The van der Waals surface area contributed by atoms with E-state index in [0.717, 1.165) is 26.2 Å². The van der Waals surface area contributed by atoms with Gasteiger partial charge in [-0.1, -0.05) is 82.7 Å². The van der Waals surface area contributed by atoms with Crippen molar-refractivity contribution < 1.29 is 14.4 Å². The van der Waals surface area contributed by atoms with E-state index in [-0.39, 0.29) is 11.6 Å². The summed E-state index contributed by atoms with van der Waals surface area (Å²) in [5, 5.41) is 8.17. The fourth-order valence-electron chi connectivity index (χ4n) is 4.60. The van der Waals surface area contributed by atoms with Crippen molar-refractivity contribution in [2.24, 2.45) is 0 Å². The van der Waals surface area contributed by atoms with Crippen molar-refractivity contribution in [2.45, 2.75) is 10.1 Å². The average molecular weight is 706 g/mol. The van der Waals surface area contributed by atoms with Crippen LogP contribution < -0.4 is 20.9 Å². The monoisotopic (exact) mass is 704 g/mol. The summed E-state index contributed by atoms with van der Waals surface area (Å²) in [6.45, 7) is 0. The number of hydrogen-bond acceptors (Lipinski definition) is 5. The van der Waals surface area contributed by atoms with Crippen molar-refractivity contribution in [3.63, 3.8) is 0 Å². The van der Waals surface area contributed by atoms with Gasteiger partial charge in [0.25, 0.3) is 11.8 Å². The van der Waals surface area contributed by atoms with Crippen molar-refractivity contribution in [1.82, 2.24) is 5.32 Å². The molecule has 3 amide bonds. The van der Waals surface area contributed by atoms with E-state index >= 15 is 0 Å². The number of hydrogen-bond donors (Lipinski definition) is 3. The third-order valence-electron chi connectivity index (χ3n) is 7.05. The number of nitrogens with zero attached hydrogens (tertiary/aromatic N) is 1. The normalized spacial score (nSPS) is 11.7. The maximum atomic E-state index is 13.7. The Morgan fingerprint density at radius 2 is 1.38 bits per heavy atom. The van der Waals surface area contributed by atoms with Crippen LogP contribution in [0.4, 0.5) is 17.1 Å². The minimum absolute atomic E-state index is 0.0885. The average Bonchev–Trinajstić information content (AvgIpc) is 3.09. The Morgan fingerprint density at radius 1 is 0.723 bits per heavy atom. The van der Waals surface area contributed by atoms with Gasteiger partial charge in [0, 0.05) is 46.1 Å². The van der Waals surface area contributed by atoms with E-state index in [1.807, 2.05) is 122 Å². The molecule has 0 aliphatic rings. The number of anilines is 3. The molecule has 5 rings (SSSR count). The van der Waals surface area contributed by atoms with Gasteiger partial charge in [-0.25, -0.2) is 0 Å². The van der Waals surface area contributed by atoms with Gasteiger partial charge >= 0.3 is 0 Å². The molecule has 9 heteroatoms. The van der Waals surface area contributed by atoms with Crippen LogP contribution >= 0.6 is 27.7 Å². The molecule has 0 aromatic heterocycles. The maximum absolute atomic E-state index is 13.7. The van der Waals surface area contributed by atoms with Gasteiger partial charge in [0.05, 0.1) is 0 Å². The van der Waals surface area contributed by atoms with Crippen LogP contribution in [0.2, 0.25) is 0 Å². The molecule has 236 valence electrons. The van der Waals surface area contributed by atoms with Gasteiger partial charge in [0.15, 0.2) is 0 Å². The Bertz CT molecular complexity index is 1860. The molecule has 3 N–H and O–H groups in total. The molecular weight excluding hydrogens is 672 g/mol. The lowest BCUT2D eigenvalue weighted by molar-refractivity contribution is -0.116. The second kappa shape index (κ2) is 15.9. The molecule has 0 saturated carbocycles. The standard InChI is InChI=1S/C38H33BrN4O3S/c1-43(2)32-22-16-26(17-23-32)24-34(42-36(44)28-12-7-4-8-13-28)37(45)41-31-14-9-15-33(25-31)47-35(27-10-5-3-6-11-27)38(46)40-30-20-18-29(39)19-21-30/h3-25,35H,1-2H3,(H,40,46)(H,41,45)(H,42,44)/b34-24+. The summed E-state index contributed by atoms with van der Waals surface area (Å²) in [6, 6.07) is 40.6. The Hall–Kier alpha value is -5.12. The molecule has 0 spiro atoms. The Morgan fingerprint density at radius 3 is 2.04 bits per heavy atom. The van der Waals surface area contributed by atoms with E-state index < -0.39 is 17.1 Å². The summed E-state index contributed by atoms with van der Waals surface area (Å²) >= 11 is 4.80. The van der Waals surface area contributed by atoms with Crippen LogP contribution in [-0.2, 0) is 9.59 Å². The van der Waals surface area contributed by atoms with E-state index in [1.54, 1.807) is 36.4 Å². The number of carbonyl (C=O) groups is 3. The van der Waals surface area contributed by atoms with Gasteiger partial charge in [0.2, 0.25) is 5.91 Å². The van der Waals surface area contributed by atoms with Crippen molar-refractivity contribution in [2.75, 3.05) is 29.6 Å². The first kappa shape index (κ1) is 33.2. The zero-order valence-electron chi connectivity index (χ0n) is 25.8. The number of benzene rings is 5. The zero-order chi connectivity index (χ0) is 33.2. The van der Waals surface area contributed by atoms with Crippen molar-refractivity contribution in [1.29, 1.82) is 0 Å². The highest BCUT2D eigenvalue weighted by molar-refractivity contribution is 9.10. The minimum Gasteiger partial charge on any atom is -0.378 e. The molecule has 1 unspecified atom stereocenters. The van der Waals surface area contributed by atoms with E-state index in [9.17, 15) is 14.4 Å². The zero-order valence-corrected chi connectivity index (χ0v) is 28.2. The molecule has 1 atom stereocenters. The molecule has 0 radical (unpaired) electrons. The molecule has 47 heavy (non-hydrogen) atoms. The molecule has 0 fully saturated rings. The Kier molecular flexibility index (Phi) is 11.3. The van der Waals surface area contributed by atoms with Crippen LogP contribution in [0.1, 0.15) is 26.7 Å². The van der Waals surface area contributed by atoms with Gasteiger partial charge in [-0.2, -0.15) is 0 Å². The van der Waals surface area contributed by atoms with E-state index in [1.165, 1.54) is 11.8 Å². The number of carbonyl (C=O) groups excluding carboxylic acids is 3. The lowest BCUT2D eigenvalue weighted by Gasteiger charge is -2.18. The Balaban J connectivity index is 1.37. The Labute approximate surface area is 287 Å². The first-order valence-electron chi connectivity index (χ1n) is 14.8. The predicted octanol–water partition coefficient (Wildman–Crippen LogP) is 8.40. The molecular formula is C38H33BrN4O3S. The fourth-order valence-corrected chi connectivity index (χ4v) is 5.95. The molecule has 0 saturated heterocycles. The molecule has 5 aromatic rings. The van der Waals surface area contributed by atoms with Crippen LogP contribution in [0.5, 0.6) is 0 Å². The molecule has 7 nitrogen and oxygen atoms in total. The number of thioether (sulfide) groups is 1. The summed E-state index contributed by atoms with van der Waals surface area (Å²) in [6.07, 6.45) is 1.64. The predicted molar refractivity (Wildman–Crippen MR) is 196 cm³/mol. The minimum atomic E-state index is -0.559. The van der Waals surface area contributed by atoms with Gasteiger partial charge in [-0.05, 0) is 83.9 Å². The lowest BCUT2D eigenvalue weighted by Crippen LogP contribution is -2.30. The van der Waals surface area contributed by atoms with Crippen molar-refractivity contribution in [3.05, 3.63) is 160 Å². The lowest BCUT2D eigenvalue weighted by atomic mass is 10.1. The van der Waals surface area contributed by atoms with Crippen molar-refractivity contribution in [3.8, 4) is 0 Å². The first-order chi connectivity index (χ1) is 22.7. The summed E-state index contributed by atoms with van der Waals surface area (Å²) in [7, 11) is 3.90. The summed E-state index contributed by atoms with van der Waals surface area (Å²) in [4.78, 5) is 43.1. The topological polar surface area (TPSA) is 90.5 Å². The summed E-state index contributed by atoms with van der Waals surface area (Å²) in [5.74, 6) is -1.06. The highest BCUT2D eigenvalue weighted by Crippen LogP contribution is 2.37. The summed E-state index contributed by atoms with van der Waals surface area (Å²) < 4.78 is 0.920. The third-order valence-corrected chi connectivity index (χ3v) is 8.82. The van der Waals surface area contributed by atoms with Gasteiger partial charge in [0.1, 0.15) is 10.9 Å². The largest absolute Gasteiger partial charge is 0.378 e. The van der Waals surface area contributed by atoms with E-state index in [0.29, 0.717) is 16.9 Å². The number of nitrogens with one attached hydrogen (secondary N) is 3. The summed E-state index contributed by atoms with van der Waals surface area (Å²) in [5.41, 5.74) is 4.33. The van der Waals surface area contributed by atoms with Crippen LogP contribution in [0.25, 0.3) is 6.08 Å². The van der Waals surface area contributed by atoms with Crippen LogP contribution in [-0.4, -0.2) is 31.8 Å². The van der Waals surface area contributed by atoms with Crippen LogP contribution in [0, 0.1) is 0 Å². The quantitative estimate of drug-likeness (QED) is 0.0949. The van der Waals surface area contributed by atoms with Crippen molar-refractivity contribution >= 4 is 68.6 Å². The molecule has 0 heterocycles. The third kappa shape index (κ3) is 9.45. The van der Waals surface area contributed by atoms with E-state index in [4.69, 9.17) is 0 Å². The maximum Gasteiger partial charge on any atom is 0.272 e. The number of halogens is 1. The second-order valence-electron chi connectivity index (χ2n) is 10.8. The van der Waals surface area contributed by atoms with Crippen LogP contribution in [0.15, 0.2) is 149 Å². The van der Waals surface area contributed by atoms with E-state index in [2.05, 4.69) is 31.9 Å². The molecule has 0 bridgehead atoms. The smallest absolute Gasteiger partial charge is 0.272 e. The van der Waals surface area contributed by atoms with Gasteiger partial charge < -0.3 is 20.9 Å². The highest BCUT2D eigenvalue weighted by atomic mass is 79.9. The first-order valence-corrected chi connectivity index (χ1v) is 16.5. The number of amides is 3. The van der Waals surface area contributed by atoms with Gasteiger partial charge in [-0.15, -0.1) is 11.8 Å². The molecule has 0 aliphatic carbocycles. The second-order valence-corrected chi connectivity index (χ2v) is 12.8. The van der Waals surface area contributed by atoms with Gasteiger partial charge in [-0.3, -0.25) is 14.4 Å². The SMILES string of the molecule is CN(C)c1ccc(/C=C(/NC(=O)c2ccccc2)C(=O)Nc2cccc(SC(C(=O)Nc3ccc(Br)cc3)c3ccccc3)c2)cc1. The number of rotatable bonds is 11. The molecule has 0 aliphatic heterocycles.